The maximum Gasteiger partial charge on any atom is 0.421 e. The van der Waals surface area contributed by atoms with Crippen molar-refractivity contribution < 1.29 is 9.53 Å². The van der Waals surface area contributed by atoms with Gasteiger partial charge in [0.05, 0.1) is 6.61 Å². The maximum atomic E-state index is 11.2. The van der Waals surface area contributed by atoms with Gasteiger partial charge < -0.3 is 10.1 Å². The van der Waals surface area contributed by atoms with Crippen molar-refractivity contribution in [1.29, 1.82) is 0 Å². The average molecular weight is 215 g/mol. The van der Waals surface area contributed by atoms with Crippen molar-refractivity contribution in [1.82, 2.24) is 15.8 Å². The van der Waals surface area contributed by atoms with Crippen molar-refractivity contribution in [2.75, 3.05) is 32.8 Å². The Labute approximate surface area is 91.1 Å². The topological polar surface area (TPSA) is 53.6 Å². The molecular weight excluding hydrogens is 194 g/mol. The van der Waals surface area contributed by atoms with Crippen molar-refractivity contribution in [2.45, 2.75) is 26.2 Å². The van der Waals surface area contributed by atoms with Gasteiger partial charge in [-0.2, -0.15) is 0 Å². The number of ether oxygens (including phenoxy) is 1. The van der Waals surface area contributed by atoms with Crippen LogP contribution >= 0.6 is 0 Å². The SMILES string of the molecule is CCOC(=O)NN1CCCCCNCC1. The number of nitrogens with zero attached hydrogens (tertiary/aromatic N) is 1. The molecule has 0 aromatic rings. The summed E-state index contributed by atoms with van der Waals surface area (Å²) >= 11 is 0. The van der Waals surface area contributed by atoms with E-state index in [9.17, 15) is 4.79 Å². The van der Waals surface area contributed by atoms with Crippen LogP contribution in [0.5, 0.6) is 0 Å². The largest absolute Gasteiger partial charge is 0.449 e. The van der Waals surface area contributed by atoms with Crippen LogP contribution in [0, 0.1) is 0 Å². The van der Waals surface area contributed by atoms with E-state index in [2.05, 4.69) is 10.7 Å². The van der Waals surface area contributed by atoms with Crippen LogP contribution in [0.2, 0.25) is 0 Å². The highest BCUT2D eigenvalue weighted by atomic mass is 16.6. The second-order valence-corrected chi connectivity index (χ2v) is 3.63. The summed E-state index contributed by atoms with van der Waals surface area (Å²) in [5, 5.41) is 5.26. The lowest BCUT2D eigenvalue weighted by molar-refractivity contribution is 0.109. The molecular formula is C10H21N3O2. The third-order valence-electron chi connectivity index (χ3n) is 2.36. The molecule has 1 fully saturated rings. The van der Waals surface area contributed by atoms with E-state index >= 15 is 0 Å². The summed E-state index contributed by atoms with van der Waals surface area (Å²) in [4.78, 5) is 11.2. The van der Waals surface area contributed by atoms with Crippen molar-refractivity contribution >= 4 is 6.09 Å². The van der Waals surface area contributed by atoms with Crippen molar-refractivity contribution in [3.8, 4) is 0 Å². The average Bonchev–Trinajstić information content (AvgIpc) is 2.32. The highest BCUT2D eigenvalue weighted by Gasteiger charge is 2.10. The molecule has 1 heterocycles. The molecule has 5 nitrogen and oxygen atoms in total. The monoisotopic (exact) mass is 215 g/mol. The molecule has 0 aromatic heterocycles. The fourth-order valence-electron chi connectivity index (χ4n) is 1.58. The Morgan fingerprint density at radius 3 is 3.00 bits per heavy atom. The molecule has 0 atom stereocenters. The van der Waals surface area contributed by atoms with Crippen LogP contribution in [0.1, 0.15) is 26.2 Å². The minimum atomic E-state index is -0.350. The van der Waals surface area contributed by atoms with Gasteiger partial charge in [-0.3, -0.25) is 5.43 Å². The van der Waals surface area contributed by atoms with E-state index in [1.54, 1.807) is 6.92 Å². The van der Waals surface area contributed by atoms with Gasteiger partial charge in [-0.05, 0) is 26.3 Å². The molecule has 88 valence electrons. The maximum absolute atomic E-state index is 11.2. The first-order valence-corrected chi connectivity index (χ1v) is 5.72. The predicted molar refractivity (Wildman–Crippen MR) is 58.5 cm³/mol. The van der Waals surface area contributed by atoms with Crippen molar-refractivity contribution in [3.05, 3.63) is 0 Å². The van der Waals surface area contributed by atoms with Gasteiger partial charge in [0.15, 0.2) is 0 Å². The molecule has 0 saturated carbocycles. The van der Waals surface area contributed by atoms with Crippen LogP contribution in [-0.4, -0.2) is 43.9 Å². The Kier molecular flexibility index (Phi) is 6.11. The van der Waals surface area contributed by atoms with Crippen LogP contribution in [0.25, 0.3) is 0 Å². The zero-order chi connectivity index (χ0) is 10.9. The number of carbonyl (C=O) groups is 1. The molecule has 0 aromatic carbocycles. The molecule has 1 amide bonds. The number of rotatable bonds is 2. The van der Waals surface area contributed by atoms with Gasteiger partial charge in [-0.1, -0.05) is 6.42 Å². The molecule has 1 rings (SSSR count). The molecule has 5 heteroatoms. The molecule has 0 bridgehead atoms. The molecule has 2 N–H and O–H groups in total. The first-order chi connectivity index (χ1) is 7.33. The second-order valence-electron chi connectivity index (χ2n) is 3.63. The fourth-order valence-corrected chi connectivity index (χ4v) is 1.58. The molecule has 0 unspecified atom stereocenters. The summed E-state index contributed by atoms with van der Waals surface area (Å²) in [6.07, 6.45) is 3.19. The Morgan fingerprint density at radius 1 is 1.33 bits per heavy atom. The highest BCUT2D eigenvalue weighted by Crippen LogP contribution is 1.98. The summed E-state index contributed by atoms with van der Waals surface area (Å²) in [6, 6.07) is 0. The van der Waals surface area contributed by atoms with Crippen LogP contribution in [0.3, 0.4) is 0 Å². The first-order valence-electron chi connectivity index (χ1n) is 5.72. The number of amides is 1. The molecule has 15 heavy (non-hydrogen) atoms. The minimum absolute atomic E-state index is 0.350. The zero-order valence-electron chi connectivity index (χ0n) is 9.42. The van der Waals surface area contributed by atoms with Crippen LogP contribution < -0.4 is 10.7 Å². The minimum Gasteiger partial charge on any atom is -0.449 e. The molecule has 1 saturated heterocycles. The number of carbonyl (C=O) groups excluding carboxylic acids is 1. The molecule has 1 aliphatic heterocycles. The predicted octanol–water partition coefficient (Wildman–Crippen LogP) is 0.723. The highest BCUT2D eigenvalue weighted by molar-refractivity contribution is 5.66. The lowest BCUT2D eigenvalue weighted by Gasteiger charge is -2.21. The smallest absolute Gasteiger partial charge is 0.421 e. The third kappa shape index (κ3) is 5.59. The van der Waals surface area contributed by atoms with Gasteiger partial charge in [0.2, 0.25) is 0 Å². The number of hydrazine groups is 1. The summed E-state index contributed by atoms with van der Waals surface area (Å²) in [5.74, 6) is 0. The zero-order valence-corrected chi connectivity index (χ0v) is 9.42. The number of nitrogens with one attached hydrogen (secondary N) is 2. The molecule has 0 radical (unpaired) electrons. The Hall–Kier alpha value is -0.810. The van der Waals surface area contributed by atoms with E-state index in [-0.39, 0.29) is 6.09 Å². The van der Waals surface area contributed by atoms with Gasteiger partial charge in [0.1, 0.15) is 0 Å². The van der Waals surface area contributed by atoms with Crippen LogP contribution in [0.4, 0.5) is 4.79 Å². The normalized spacial score (nSPS) is 19.8. The lowest BCUT2D eigenvalue weighted by atomic mass is 10.2. The standard InChI is InChI=1S/C10H21N3O2/c1-2-15-10(14)12-13-8-5-3-4-6-11-7-9-13/h11H,2-9H2,1H3,(H,12,14). The summed E-state index contributed by atoms with van der Waals surface area (Å²) in [5.41, 5.74) is 2.75. The first kappa shape index (κ1) is 12.3. The van der Waals surface area contributed by atoms with E-state index in [0.29, 0.717) is 6.61 Å². The number of hydrogen-bond donors (Lipinski definition) is 2. The van der Waals surface area contributed by atoms with Gasteiger partial charge >= 0.3 is 6.09 Å². The molecule has 1 aliphatic rings. The molecule has 0 aliphatic carbocycles. The summed E-state index contributed by atoms with van der Waals surface area (Å²) < 4.78 is 4.84. The molecule has 0 spiro atoms. The Bertz CT molecular complexity index is 178. The van der Waals surface area contributed by atoms with Crippen molar-refractivity contribution in [2.24, 2.45) is 0 Å². The van der Waals surface area contributed by atoms with E-state index in [4.69, 9.17) is 4.74 Å². The van der Waals surface area contributed by atoms with Gasteiger partial charge in [-0.15, -0.1) is 0 Å². The fraction of sp³-hybridized carbons (Fsp3) is 0.900. The second kappa shape index (κ2) is 7.48. The van der Waals surface area contributed by atoms with E-state index in [1.165, 1.54) is 12.8 Å². The Balaban J connectivity index is 2.26. The summed E-state index contributed by atoms with van der Waals surface area (Å²) in [6.45, 7) is 5.94. The third-order valence-corrected chi connectivity index (χ3v) is 2.36. The van der Waals surface area contributed by atoms with Gasteiger partial charge in [0, 0.05) is 19.6 Å². The summed E-state index contributed by atoms with van der Waals surface area (Å²) in [7, 11) is 0. The quantitative estimate of drug-likeness (QED) is 0.713. The van der Waals surface area contributed by atoms with E-state index in [0.717, 1.165) is 32.6 Å². The lowest BCUT2D eigenvalue weighted by Crippen LogP contribution is -2.45. The van der Waals surface area contributed by atoms with Gasteiger partial charge in [-0.25, -0.2) is 9.80 Å². The number of hydrogen-bond acceptors (Lipinski definition) is 4. The van der Waals surface area contributed by atoms with Crippen LogP contribution in [0.15, 0.2) is 0 Å². The van der Waals surface area contributed by atoms with E-state index in [1.807, 2.05) is 5.01 Å². The van der Waals surface area contributed by atoms with Crippen molar-refractivity contribution in [3.63, 3.8) is 0 Å². The van der Waals surface area contributed by atoms with Crippen LogP contribution in [-0.2, 0) is 4.74 Å². The van der Waals surface area contributed by atoms with E-state index < -0.39 is 0 Å². The van der Waals surface area contributed by atoms with Gasteiger partial charge in [0.25, 0.3) is 0 Å². The Morgan fingerprint density at radius 2 is 2.20 bits per heavy atom.